The number of rotatable bonds is 4. The predicted molar refractivity (Wildman–Crippen MR) is 121 cm³/mol. The van der Waals surface area contributed by atoms with Crippen molar-refractivity contribution in [2.24, 2.45) is 0 Å². The molecule has 1 heterocycles. The van der Waals surface area contributed by atoms with Crippen molar-refractivity contribution < 1.29 is 4.79 Å². The first-order chi connectivity index (χ1) is 13.8. The number of allylic oxidation sites excluding steroid dienone is 1. The largest absolute Gasteiger partial charge is 0.363 e. The van der Waals surface area contributed by atoms with Gasteiger partial charge in [-0.05, 0) is 69.9 Å². The molecule has 0 atom stereocenters. The second-order valence-corrected chi connectivity index (χ2v) is 9.00. The summed E-state index contributed by atoms with van der Waals surface area (Å²) in [7, 11) is 0. The van der Waals surface area contributed by atoms with Gasteiger partial charge in [0.15, 0.2) is 0 Å². The minimum atomic E-state index is -0.309. The Balaban J connectivity index is 1.93. The average molecular weight is 412 g/mol. The maximum Gasteiger partial charge on any atom is 0.262 e. The number of nitrogens with zero attached hydrogens (tertiary/aromatic N) is 2. The van der Waals surface area contributed by atoms with Crippen LogP contribution in [0.2, 0.25) is 5.02 Å². The van der Waals surface area contributed by atoms with Gasteiger partial charge in [0.2, 0.25) is 0 Å². The van der Waals surface area contributed by atoms with Crippen LogP contribution in [0, 0.1) is 11.3 Å². The van der Waals surface area contributed by atoms with E-state index >= 15 is 0 Å². The van der Waals surface area contributed by atoms with Gasteiger partial charge in [0.1, 0.15) is 11.6 Å². The Bertz CT molecular complexity index is 901. The third kappa shape index (κ3) is 4.51. The molecule has 1 amide bonds. The van der Waals surface area contributed by atoms with Crippen molar-refractivity contribution in [3.8, 4) is 6.07 Å². The van der Waals surface area contributed by atoms with Crippen LogP contribution in [0.5, 0.6) is 0 Å². The molecular weight excluding hydrogens is 382 g/mol. The summed E-state index contributed by atoms with van der Waals surface area (Å²) in [5.74, 6) is -0.309. The summed E-state index contributed by atoms with van der Waals surface area (Å²) >= 11 is 6.59. The molecule has 3 rings (SSSR count). The maximum atomic E-state index is 12.6. The van der Waals surface area contributed by atoms with E-state index < -0.39 is 0 Å². The Morgan fingerprint density at radius 2 is 2.03 bits per heavy atom. The summed E-state index contributed by atoms with van der Waals surface area (Å²) in [5.41, 5.74) is 4.05. The number of carbonyl (C=O) groups excluding carboxylic acids is 1. The van der Waals surface area contributed by atoms with E-state index in [1.165, 1.54) is 12.0 Å². The average Bonchev–Trinajstić information content (AvgIpc) is 2.67. The summed E-state index contributed by atoms with van der Waals surface area (Å²) < 4.78 is 0. The first-order valence-corrected chi connectivity index (χ1v) is 10.9. The number of fused-ring (bicyclic) bond motifs is 1. The minimum Gasteiger partial charge on any atom is -0.363 e. The summed E-state index contributed by atoms with van der Waals surface area (Å²) in [6.45, 7) is 9.46. The number of benzene rings is 1. The van der Waals surface area contributed by atoms with Crippen LogP contribution in [0.1, 0.15) is 70.9 Å². The van der Waals surface area contributed by atoms with E-state index in [4.69, 9.17) is 11.6 Å². The van der Waals surface area contributed by atoms with Crippen molar-refractivity contribution in [3.63, 3.8) is 0 Å². The highest BCUT2D eigenvalue weighted by molar-refractivity contribution is 6.32. The summed E-state index contributed by atoms with van der Waals surface area (Å²) in [6, 6.07) is 6.17. The smallest absolute Gasteiger partial charge is 0.262 e. The summed E-state index contributed by atoms with van der Waals surface area (Å²) in [4.78, 5) is 14.9. The molecular formula is C24H30ClN3O. The fourth-order valence-corrected chi connectivity index (χ4v) is 4.83. The van der Waals surface area contributed by atoms with Crippen LogP contribution in [0.25, 0.3) is 11.6 Å². The van der Waals surface area contributed by atoms with Crippen LogP contribution in [0.15, 0.2) is 23.8 Å². The third-order valence-electron chi connectivity index (χ3n) is 6.02. The molecule has 1 fully saturated rings. The lowest BCUT2D eigenvalue weighted by Crippen LogP contribution is -2.44. The monoisotopic (exact) mass is 411 g/mol. The fraction of sp³-hybridized carbons (Fsp3) is 0.500. The van der Waals surface area contributed by atoms with Crippen LogP contribution in [0.4, 0.5) is 5.69 Å². The van der Waals surface area contributed by atoms with Crippen molar-refractivity contribution in [1.29, 1.82) is 5.26 Å². The predicted octanol–water partition coefficient (Wildman–Crippen LogP) is 5.72. The van der Waals surface area contributed by atoms with Crippen molar-refractivity contribution in [1.82, 2.24) is 5.32 Å². The number of nitriles is 1. The molecule has 0 spiro atoms. The van der Waals surface area contributed by atoms with Crippen LogP contribution >= 0.6 is 11.6 Å². The SMILES string of the molecule is CCN1c2cc(Cl)c(/C=C(\C#N)C(=O)NC3CCCCC3)cc2C(C)=CC1(C)C. The zero-order chi connectivity index (χ0) is 21.2. The Labute approximate surface area is 179 Å². The van der Waals surface area contributed by atoms with Gasteiger partial charge >= 0.3 is 0 Å². The Morgan fingerprint density at radius 3 is 2.66 bits per heavy atom. The van der Waals surface area contributed by atoms with Crippen LogP contribution in [-0.4, -0.2) is 24.0 Å². The molecule has 29 heavy (non-hydrogen) atoms. The Kier molecular flexibility index (Phi) is 6.39. The van der Waals surface area contributed by atoms with Gasteiger partial charge in [-0.15, -0.1) is 0 Å². The molecule has 1 saturated carbocycles. The lowest BCUT2D eigenvalue weighted by Gasteiger charge is -2.43. The Morgan fingerprint density at radius 1 is 1.34 bits per heavy atom. The molecule has 1 aliphatic carbocycles. The molecule has 1 N–H and O–H groups in total. The van der Waals surface area contributed by atoms with Gasteiger partial charge in [-0.25, -0.2) is 0 Å². The number of halogens is 1. The minimum absolute atomic E-state index is 0.0930. The van der Waals surface area contributed by atoms with E-state index in [0.29, 0.717) is 10.6 Å². The van der Waals surface area contributed by atoms with Crippen LogP contribution in [0.3, 0.4) is 0 Å². The quantitative estimate of drug-likeness (QED) is 0.509. The number of carbonyl (C=O) groups is 1. The topological polar surface area (TPSA) is 56.1 Å². The molecule has 1 aliphatic heterocycles. The fourth-order valence-electron chi connectivity index (χ4n) is 4.62. The second-order valence-electron chi connectivity index (χ2n) is 8.59. The lowest BCUT2D eigenvalue weighted by molar-refractivity contribution is -0.117. The van der Waals surface area contributed by atoms with Gasteiger partial charge in [0.05, 0.1) is 5.54 Å². The molecule has 0 radical (unpaired) electrons. The highest BCUT2D eigenvalue weighted by atomic mass is 35.5. The number of amides is 1. The number of likely N-dealkylation sites (N-methyl/N-ethyl adjacent to an activating group) is 1. The van der Waals surface area contributed by atoms with E-state index in [1.807, 2.05) is 12.1 Å². The molecule has 0 bridgehead atoms. The van der Waals surface area contributed by atoms with Crippen molar-refractivity contribution in [3.05, 3.63) is 39.9 Å². The molecule has 1 aromatic rings. The van der Waals surface area contributed by atoms with Crippen LogP contribution in [-0.2, 0) is 4.79 Å². The zero-order valence-corrected chi connectivity index (χ0v) is 18.6. The summed E-state index contributed by atoms with van der Waals surface area (Å²) in [5, 5.41) is 13.1. The standard InChI is InChI=1S/C24H30ClN3O/c1-5-28-22-13-21(25)17(12-20(22)16(2)14-24(28,3)4)11-18(15-26)23(29)27-19-9-7-6-8-10-19/h11-14,19H,5-10H2,1-4H3,(H,27,29)/b18-11+. The first kappa shape index (κ1) is 21.5. The normalized spacial score (nSPS) is 19.2. The van der Waals surface area contributed by atoms with Crippen molar-refractivity contribution in [2.45, 2.75) is 71.4 Å². The van der Waals surface area contributed by atoms with Gasteiger partial charge in [-0.3, -0.25) is 4.79 Å². The molecule has 4 nitrogen and oxygen atoms in total. The van der Waals surface area contributed by atoms with Gasteiger partial charge in [0.25, 0.3) is 5.91 Å². The molecule has 0 aromatic heterocycles. The molecule has 154 valence electrons. The van der Waals surface area contributed by atoms with Crippen molar-refractivity contribution in [2.75, 3.05) is 11.4 Å². The van der Waals surface area contributed by atoms with E-state index in [9.17, 15) is 10.1 Å². The van der Waals surface area contributed by atoms with E-state index in [-0.39, 0.29) is 23.1 Å². The number of nitrogens with one attached hydrogen (secondary N) is 1. The van der Waals surface area contributed by atoms with Crippen molar-refractivity contribution >= 4 is 34.8 Å². The van der Waals surface area contributed by atoms with Crippen LogP contribution < -0.4 is 10.2 Å². The molecule has 1 aromatic carbocycles. The third-order valence-corrected chi connectivity index (χ3v) is 6.34. The number of anilines is 1. The summed E-state index contributed by atoms with van der Waals surface area (Å²) in [6.07, 6.45) is 9.31. The van der Waals surface area contributed by atoms with E-state index in [2.05, 4.69) is 50.1 Å². The number of hydrogen-bond donors (Lipinski definition) is 1. The van der Waals surface area contributed by atoms with Gasteiger partial charge in [0, 0.05) is 28.9 Å². The van der Waals surface area contributed by atoms with Gasteiger partial charge < -0.3 is 10.2 Å². The maximum absolute atomic E-state index is 12.6. The van der Waals surface area contributed by atoms with Gasteiger partial charge in [-0.2, -0.15) is 5.26 Å². The second kappa shape index (κ2) is 8.63. The lowest BCUT2D eigenvalue weighted by atomic mass is 9.88. The van der Waals surface area contributed by atoms with E-state index in [1.54, 1.807) is 6.08 Å². The molecule has 2 aliphatic rings. The highest BCUT2D eigenvalue weighted by Crippen LogP contribution is 2.41. The Hall–Kier alpha value is -2.25. The highest BCUT2D eigenvalue weighted by Gasteiger charge is 2.31. The molecule has 5 heteroatoms. The molecule has 0 unspecified atom stereocenters. The van der Waals surface area contributed by atoms with E-state index in [0.717, 1.165) is 43.5 Å². The van der Waals surface area contributed by atoms with Gasteiger partial charge in [-0.1, -0.05) is 36.9 Å². The molecule has 0 saturated heterocycles. The first-order valence-electron chi connectivity index (χ1n) is 10.5. The number of hydrogen-bond acceptors (Lipinski definition) is 3. The zero-order valence-electron chi connectivity index (χ0n) is 17.8.